The van der Waals surface area contributed by atoms with Gasteiger partial charge in [0.2, 0.25) is 5.89 Å². The number of rotatable bonds is 5. The van der Waals surface area contributed by atoms with Crippen LogP contribution in [0, 0.1) is 6.92 Å². The molecule has 1 aromatic carbocycles. The molecule has 2 heterocycles. The van der Waals surface area contributed by atoms with E-state index in [1.54, 1.807) is 0 Å². The van der Waals surface area contributed by atoms with E-state index in [0.29, 0.717) is 5.89 Å². The number of benzene rings is 1. The molecule has 1 aliphatic rings. The first-order chi connectivity index (χ1) is 11.3. The average molecular weight is 312 g/mol. The molecule has 5 heteroatoms. The van der Waals surface area contributed by atoms with E-state index in [4.69, 9.17) is 4.52 Å². The predicted molar refractivity (Wildman–Crippen MR) is 90.8 cm³/mol. The van der Waals surface area contributed by atoms with Crippen molar-refractivity contribution in [3.05, 3.63) is 53.7 Å². The zero-order valence-corrected chi connectivity index (χ0v) is 13.7. The molecule has 0 N–H and O–H groups in total. The van der Waals surface area contributed by atoms with Gasteiger partial charge in [0.15, 0.2) is 5.82 Å². The fraction of sp³-hybridized carbons (Fsp3) is 0.444. The highest BCUT2D eigenvalue weighted by atomic mass is 16.5. The van der Waals surface area contributed by atoms with E-state index in [-0.39, 0.29) is 0 Å². The van der Waals surface area contributed by atoms with Crippen molar-refractivity contribution in [3.8, 4) is 0 Å². The highest BCUT2D eigenvalue weighted by molar-refractivity contribution is 5.48. The highest BCUT2D eigenvalue weighted by Gasteiger charge is 2.16. The second-order valence-corrected chi connectivity index (χ2v) is 5.97. The van der Waals surface area contributed by atoms with E-state index >= 15 is 0 Å². The number of hydrogen-bond donors (Lipinski definition) is 0. The third-order valence-electron chi connectivity index (χ3n) is 4.09. The summed E-state index contributed by atoms with van der Waals surface area (Å²) in [4.78, 5) is 9.20. The smallest absolute Gasteiger partial charge is 0.223 e. The first-order valence-corrected chi connectivity index (χ1v) is 8.25. The van der Waals surface area contributed by atoms with Gasteiger partial charge in [-0.1, -0.05) is 47.6 Å². The summed E-state index contributed by atoms with van der Waals surface area (Å²) < 4.78 is 5.05. The molecule has 1 aromatic heterocycles. The molecule has 23 heavy (non-hydrogen) atoms. The van der Waals surface area contributed by atoms with E-state index in [1.807, 2.05) is 13.0 Å². The van der Waals surface area contributed by atoms with Gasteiger partial charge >= 0.3 is 0 Å². The Labute approximate surface area is 137 Å². The second-order valence-electron chi connectivity index (χ2n) is 5.97. The lowest BCUT2D eigenvalue weighted by atomic mass is 10.2. The van der Waals surface area contributed by atoms with Gasteiger partial charge in [-0.2, -0.15) is 4.98 Å². The van der Waals surface area contributed by atoms with Gasteiger partial charge in [0, 0.05) is 26.6 Å². The second kappa shape index (κ2) is 8.04. The number of hydrogen-bond acceptors (Lipinski definition) is 5. The van der Waals surface area contributed by atoms with Crippen LogP contribution < -0.4 is 0 Å². The maximum atomic E-state index is 5.05. The number of nitrogens with zero attached hydrogens (tertiary/aromatic N) is 4. The minimum absolute atomic E-state index is 0.641. The molecule has 0 spiro atoms. The molecule has 0 saturated carbocycles. The zero-order chi connectivity index (χ0) is 15.9. The lowest BCUT2D eigenvalue weighted by Crippen LogP contribution is -2.30. The van der Waals surface area contributed by atoms with Crippen molar-refractivity contribution in [1.29, 1.82) is 0 Å². The third kappa shape index (κ3) is 5.01. The number of aromatic nitrogens is 2. The van der Waals surface area contributed by atoms with E-state index < -0.39 is 0 Å². The van der Waals surface area contributed by atoms with Crippen LogP contribution in [0.25, 0.3) is 6.08 Å². The summed E-state index contributed by atoms with van der Waals surface area (Å²) in [5.74, 6) is 1.43. The zero-order valence-electron chi connectivity index (χ0n) is 13.7. The molecule has 0 atom stereocenters. The standard InChI is InChI=1S/C18H24N4O/c1-16-19-18(20-23-16)15-22-12-6-11-21(13-14-22)10-5-9-17-7-3-2-4-8-17/h2-5,7-9H,6,10-15H2,1H3/b9-5+. The van der Waals surface area contributed by atoms with Crippen molar-refractivity contribution < 1.29 is 4.52 Å². The highest BCUT2D eigenvalue weighted by Crippen LogP contribution is 2.08. The Hall–Kier alpha value is -1.98. The molecule has 3 rings (SSSR count). The fourth-order valence-electron chi connectivity index (χ4n) is 2.87. The first kappa shape index (κ1) is 15.9. The molecule has 1 fully saturated rings. The van der Waals surface area contributed by atoms with Gasteiger partial charge in [-0.05, 0) is 25.1 Å². The maximum absolute atomic E-state index is 5.05. The van der Waals surface area contributed by atoms with Crippen molar-refractivity contribution in [3.63, 3.8) is 0 Å². The fourth-order valence-corrected chi connectivity index (χ4v) is 2.87. The Bertz CT molecular complexity index is 623. The van der Waals surface area contributed by atoms with E-state index in [2.05, 4.69) is 56.4 Å². The Morgan fingerprint density at radius 1 is 1.09 bits per heavy atom. The minimum Gasteiger partial charge on any atom is -0.340 e. The van der Waals surface area contributed by atoms with Crippen molar-refractivity contribution in [2.24, 2.45) is 0 Å². The molecule has 1 saturated heterocycles. The maximum Gasteiger partial charge on any atom is 0.223 e. The molecule has 1 aliphatic heterocycles. The first-order valence-electron chi connectivity index (χ1n) is 8.25. The summed E-state index contributed by atoms with van der Waals surface area (Å²) in [5, 5.41) is 3.99. The van der Waals surface area contributed by atoms with Crippen LogP contribution in [0.5, 0.6) is 0 Å². The van der Waals surface area contributed by atoms with E-state index in [9.17, 15) is 0 Å². The van der Waals surface area contributed by atoms with Crippen molar-refractivity contribution in [2.75, 3.05) is 32.7 Å². The lowest BCUT2D eigenvalue weighted by molar-refractivity contribution is 0.253. The molecule has 0 amide bonds. The Morgan fingerprint density at radius 3 is 2.65 bits per heavy atom. The van der Waals surface area contributed by atoms with Gasteiger partial charge in [-0.3, -0.25) is 9.80 Å². The van der Waals surface area contributed by atoms with Crippen LogP contribution >= 0.6 is 0 Å². The van der Waals surface area contributed by atoms with Crippen LogP contribution in [-0.2, 0) is 6.54 Å². The summed E-state index contributed by atoms with van der Waals surface area (Å²) in [5.41, 5.74) is 1.26. The van der Waals surface area contributed by atoms with Gasteiger partial charge in [0.1, 0.15) is 0 Å². The molecule has 2 aromatic rings. The molecular weight excluding hydrogens is 288 g/mol. The summed E-state index contributed by atoms with van der Waals surface area (Å²) in [6.07, 6.45) is 5.63. The Morgan fingerprint density at radius 2 is 1.87 bits per heavy atom. The summed E-state index contributed by atoms with van der Waals surface area (Å²) in [6.45, 7) is 7.98. The van der Waals surface area contributed by atoms with Gasteiger partial charge in [0.25, 0.3) is 0 Å². The van der Waals surface area contributed by atoms with Gasteiger partial charge in [-0.15, -0.1) is 0 Å². The molecular formula is C18H24N4O. The van der Waals surface area contributed by atoms with Crippen LogP contribution in [-0.4, -0.2) is 52.7 Å². The molecule has 0 aliphatic carbocycles. The van der Waals surface area contributed by atoms with Crippen LogP contribution in [0.2, 0.25) is 0 Å². The van der Waals surface area contributed by atoms with Crippen LogP contribution in [0.1, 0.15) is 23.7 Å². The van der Waals surface area contributed by atoms with Crippen molar-refractivity contribution in [2.45, 2.75) is 19.9 Å². The topological polar surface area (TPSA) is 45.4 Å². The minimum atomic E-state index is 0.641. The van der Waals surface area contributed by atoms with E-state index in [0.717, 1.165) is 45.1 Å². The van der Waals surface area contributed by atoms with Crippen LogP contribution in [0.3, 0.4) is 0 Å². The van der Waals surface area contributed by atoms with Gasteiger partial charge in [0.05, 0.1) is 6.54 Å². The average Bonchev–Trinajstić information content (AvgIpc) is 2.84. The molecule has 0 unspecified atom stereocenters. The summed E-state index contributed by atoms with van der Waals surface area (Å²) >= 11 is 0. The van der Waals surface area contributed by atoms with Crippen LogP contribution in [0.15, 0.2) is 40.9 Å². The normalized spacial score (nSPS) is 17.6. The Balaban J connectivity index is 1.45. The molecule has 5 nitrogen and oxygen atoms in total. The monoisotopic (exact) mass is 312 g/mol. The molecule has 0 radical (unpaired) electrons. The van der Waals surface area contributed by atoms with Crippen molar-refractivity contribution >= 4 is 6.08 Å². The van der Waals surface area contributed by atoms with Gasteiger partial charge < -0.3 is 4.52 Å². The van der Waals surface area contributed by atoms with E-state index in [1.165, 1.54) is 12.0 Å². The largest absolute Gasteiger partial charge is 0.340 e. The quantitative estimate of drug-likeness (QED) is 0.849. The Kier molecular flexibility index (Phi) is 5.56. The third-order valence-corrected chi connectivity index (χ3v) is 4.09. The summed E-state index contributed by atoms with van der Waals surface area (Å²) in [6, 6.07) is 10.5. The molecule has 122 valence electrons. The lowest BCUT2D eigenvalue weighted by Gasteiger charge is -2.19. The predicted octanol–water partition coefficient (Wildman–Crippen LogP) is 2.60. The molecule has 0 bridgehead atoms. The van der Waals surface area contributed by atoms with Gasteiger partial charge in [-0.25, -0.2) is 0 Å². The SMILES string of the molecule is Cc1nc(CN2CCCN(C/C=C/c3ccccc3)CC2)no1. The van der Waals surface area contributed by atoms with Crippen LogP contribution in [0.4, 0.5) is 0 Å². The summed E-state index contributed by atoms with van der Waals surface area (Å²) in [7, 11) is 0. The van der Waals surface area contributed by atoms with Crippen molar-refractivity contribution in [1.82, 2.24) is 19.9 Å². The number of aryl methyl sites for hydroxylation is 1.